The average molecular weight is 458 g/mol. The highest BCUT2D eigenvalue weighted by Crippen LogP contribution is 2.19. The van der Waals surface area contributed by atoms with Crippen molar-refractivity contribution >= 4 is 33.7 Å². The van der Waals surface area contributed by atoms with E-state index >= 15 is 0 Å². The molecule has 148 valence electrons. The highest BCUT2D eigenvalue weighted by Gasteiger charge is 2.25. The van der Waals surface area contributed by atoms with Crippen LogP contribution in [0.15, 0.2) is 64.3 Å². The molecule has 0 aliphatic rings. The SMILES string of the molecule is COc1ccc(/C=N\NC(=O)c2nn(Cc3cccc(Br)c3)cc2[N+](=O)[O-])cc1. The highest BCUT2D eigenvalue weighted by atomic mass is 79.9. The number of methoxy groups -OCH3 is 1. The number of rotatable bonds is 7. The largest absolute Gasteiger partial charge is 0.497 e. The van der Waals surface area contributed by atoms with Crippen molar-refractivity contribution in [2.24, 2.45) is 5.10 Å². The lowest BCUT2D eigenvalue weighted by Gasteiger charge is -2.01. The van der Waals surface area contributed by atoms with Gasteiger partial charge in [-0.05, 0) is 47.5 Å². The molecule has 1 aromatic heterocycles. The maximum absolute atomic E-state index is 12.3. The number of amides is 1. The molecule has 29 heavy (non-hydrogen) atoms. The van der Waals surface area contributed by atoms with Crippen molar-refractivity contribution in [2.45, 2.75) is 6.54 Å². The Labute approximate surface area is 174 Å². The summed E-state index contributed by atoms with van der Waals surface area (Å²) < 4.78 is 7.29. The van der Waals surface area contributed by atoms with Crippen LogP contribution < -0.4 is 10.2 Å². The highest BCUT2D eigenvalue weighted by molar-refractivity contribution is 9.10. The quantitative estimate of drug-likeness (QED) is 0.332. The van der Waals surface area contributed by atoms with Crippen molar-refractivity contribution in [1.29, 1.82) is 0 Å². The van der Waals surface area contributed by atoms with Gasteiger partial charge in [0.15, 0.2) is 0 Å². The van der Waals surface area contributed by atoms with Crippen molar-refractivity contribution in [1.82, 2.24) is 15.2 Å². The summed E-state index contributed by atoms with van der Waals surface area (Å²) in [5.74, 6) is -0.0766. The van der Waals surface area contributed by atoms with Crippen LogP contribution in [-0.4, -0.2) is 33.9 Å². The van der Waals surface area contributed by atoms with E-state index in [0.29, 0.717) is 5.75 Å². The van der Waals surface area contributed by atoms with Crippen LogP contribution in [0.5, 0.6) is 5.75 Å². The van der Waals surface area contributed by atoms with Gasteiger partial charge in [0.05, 0.1) is 24.8 Å². The predicted molar refractivity (Wildman–Crippen MR) is 110 cm³/mol. The third kappa shape index (κ3) is 5.26. The van der Waals surface area contributed by atoms with Gasteiger partial charge >= 0.3 is 5.69 Å². The topological polar surface area (TPSA) is 112 Å². The Balaban J connectivity index is 1.73. The second-order valence-electron chi connectivity index (χ2n) is 5.92. The van der Waals surface area contributed by atoms with Crippen LogP contribution in [0.4, 0.5) is 5.69 Å². The number of ether oxygens (including phenoxy) is 1. The molecule has 0 unspecified atom stereocenters. The summed E-state index contributed by atoms with van der Waals surface area (Å²) in [6.45, 7) is 0.280. The van der Waals surface area contributed by atoms with E-state index in [4.69, 9.17) is 4.74 Å². The standard InChI is InChI=1S/C19H16BrN5O4/c1-29-16-7-5-13(6-8-16)10-21-22-19(26)18-17(25(27)28)12-24(23-18)11-14-3-2-4-15(20)9-14/h2-10,12H,11H2,1H3,(H,22,26)/b21-10-. The molecule has 0 aliphatic carbocycles. The van der Waals surface area contributed by atoms with E-state index < -0.39 is 16.5 Å². The lowest BCUT2D eigenvalue weighted by atomic mass is 10.2. The van der Waals surface area contributed by atoms with Gasteiger partial charge in [0, 0.05) is 4.47 Å². The first-order valence-electron chi connectivity index (χ1n) is 8.40. The fourth-order valence-corrected chi connectivity index (χ4v) is 2.96. The van der Waals surface area contributed by atoms with Crippen LogP contribution in [0.2, 0.25) is 0 Å². The number of nitrogens with one attached hydrogen (secondary N) is 1. The zero-order chi connectivity index (χ0) is 20.8. The van der Waals surface area contributed by atoms with Gasteiger partial charge in [-0.25, -0.2) is 5.43 Å². The van der Waals surface area contributed by atoms with Gasteiger partial charge in [-0.3, -0.25) is 19.6 Å². The normalized spacial score (nSPS) is 10.8. The van der Waals surface area contributed by atoms with Crippen LogP contribution in [0.25, 0.3) is 0 Å². The lowest BCUT2D eigenvalue weighted by molar-refractivity contribution is -0.385. The number of nitrogens with zero attached hydrogens (tertiary/aromatic N) is 4. The number of halogens is 1. The number of hydrogen-bond donors (Lipinski definition) is 1. The van der Waals surface area contributed by atoms with Crippen molar-refractivity contribution in [2.75, 3.05) is 7.11 Å². The van der Waals surface area contributed by atoms with Gasteiger partial charge in [0.1, 0.15) is 11.9 Å². The smallest absolute Gasteiger partial charge is 0.320 e. The molecule has 0 atom stereocenters. The van der Waals surface area contributed by atoms with Gasteiger partial charge in [0.25, 0.3) is 5.91 Å². The Morgan fingerprint density at radius 2 is 2.10 bits per heavy atom. The second kappa shape index (κ2) is 9.11. The van der Waals surface area contributed by atoms with Crippen molar-refractivity contribution in [3.05, 3.63) is 86.1 Å². The van der Waals surface area contributed by atoms with Gasteiger partial charge in [0.2, 0.25) is 5.69 Å². The summed E-state index contributed by atoms with van der Waals surface area (Å²) in [6.07, 6.45) is 2.64. The van der Waals surface area contributed by atoms with E-state index in [2.05, 4.69) is 31.6 Å². The van der Waals surface area contributed by atoms with E-state index in [-0.39, 0.29) is 12.2 Å². The van der Waals surface area contributed by atoms with Gasteiger partial charge < -0.3 is 4.74 Å². The molecule has 1 heterocycles. The number of carbonyl (C=O) groups excluding carboxylic acids is 1. The number of aromatic nitrogens is 2. The minimum Gasteiger partial charge on any atom is -0.497 e. The van der Waals surface area contributed by atoms with E-state index in [1.54, 1.807) is 31.4 Å². The fraction of sp³-hybridized carbons (Fsp3) is 0.105. The summed E-state index contributed by atoms with van der Waals surface area (Å²) in [7, 11) is 1.56. The van der Waals surface area contributed by atoms with Gasteiger partial charge in [-0.1, -0.05) is 28.1 Å². The zero-order valence-corrected chi connectivity index (χ0v) is 16.9. The minimum atomic E-state index is -0.769. The minimum absolute atomic E-state index is 0.280. The van der Waals surface area contributed by atoms with Crippen molar-refractivity contribution < 1.29 is 14.5 Å². The molecule has 2 aromatic carbocycles. The number of hydrogen-bond acceptors (Lipinski definition) is 6. The average Bonchev–Trinajstić information content (AvgIpc) is 3.13. The summed E-state index contributed by atoms with van der Waals surface area (Å²) in [5, 5.41) is 19.2. The van der Waals surface area contributed by atoms with Crippen LogP contribution in [0.1, 0.15) is 21.6 Å². The molecule has 0 saturated heterocycles. The Morgan fingerprint density at radius 1 is 1.34 bits per heavy atom. The van der Waals surface area contributed by atoms with E-state index in [1.165, 1.54) is 17.1 Å². The van der Waals surface area contributed by atoms with Crippen molar-refractivity contribution in [3.63, 3.8) is 0 Å². The Bertz CT molecular complexity index is 1060. The molecular weight excluding hydrogens is 442 g/mol. The molecule has 3 aromatic rings. The molecule has 10 heteroatoms. The molecule has 1 amide bonds. The predicted octanol–water partition coefficient (Wildman–Crippen LogP) is 3.37. The molecule has 9 nitrogen and oxygen atoms in total. The van der Waals surface area contributed by atoms with Crippen LogP contribution in [-0.2, 0) is 6.54 Å². The first-order valence-corrected chi connectivity index (χ1v) is 9.19. The maximum Gasteiger partial charge on any atom is 0.320 e. The molecule has 3 rings (SSSR count). The first-order chi connectivity index (χ1) is 14.0. The zero-order valence-electron chi connectivity index (χ0n) is 15.3. The van der Waals surface area contributed by atoms with E-state index in [1.807, 2.05) is 24.3 Å². The lowest BCUT2D eigenvalue weighted by Crippen LogP contribution is -2.19. The monoisotopic (exact) mass is 457 g/mol. The maximum atomic E-state index is 12.3. The molecule has 0 saturated carbocycles. The molecule has 0 aliphatic heterocycles. The Kier molecular flexibility index (Phi) is 6.35. The molecule has 0 radical (unpaired) electrons. The van der Waals surface area contributed by atoms with Crippen LogP contribution in [0, 0.1) is 10.1 Å². The summed E-state index contributed by atoms with van der Waals surface area (Å²) in [5.41, 5.74) is 3.17. The van der Waals surface area contributed by atoms with E-state index in [0.717, 1.165) is 15.6 Å². The number of nitro groups is 1. The molecule has 0 bridgehead atoms. The van der Waals surface area contributed by atoms with E-state index in [9.17, 15) is 14.9 Å². The van der Waals surface area contributed by atoms with Crippen LogP contribution in [0.3, 0.4) is 0 Å². The number of benzene rings is 2. The van der Waals surface area contributed by atoms with Gasteiger partial charge in [-0.15, -0.1) is 0 Å². The van der Waals surface area contributed by atoms with Crippen molar-refractivity contribution in [3.8, 4) is 5.75 Å². The molecule has 0 fully saturated rings. The summed E-state index contributed by atoms with van der Waals surface area (Å²) in [6, 6.07) is 14.4. The molecular formula is C19H16BrN5O4. The molecule has 1 N–H and O–H groups in total. The molecule has 0 spiro atoms. The number of carbonyl (C=O) groups is 1. The third-order valence-corrected chi connectivity index (χ3v) is 4.38. The summed E-state index contributed by atoms with van der Waals surface area (Å²) >= 11 is 3.37. The Hall–Kier alpha value is -3.53. The second-order valence-corrected chi connectivity index (χ2v) is 6.84. The summed E-state index contributed by atoms with van der Waals surface area (Å²) in [4.78, 5) is 23.0. The van der Waals surface area contributed by atoms with Gasteiger partial charge in [-0.2, -0.15) is 10.2 Å². The Morgan fingerprint density at radius 3 is 2.76 bits per heavy atom. The first kappa shape index (κ1) is 20.2. The fourth-order valence-electron chi connectivity index (χ4n) is 2.52. The van der Waals surface area contributed by atoms with Crippen LogP contribution >= 0.6 is 15.9 Å². The third-order valence-electron chi connectivity index (χ3n) is 3.88. The number of hydrazone groups is 1.